The van der Waals surface area contributed by atoms with Crippen molar-refractivity contribution in [2.45, 2.75) is 33.1 Å². The van der Waals surface area contributed by atoms with Crippen LogP contribution in [0, 0.1) is 30.4 Å². The van der Waals surface area contributed by atoms with Crippen LogP contribution < -0.4 is 10.6 Å². The summed E-state index contributed by atoms with van der Waals surface area (Å²) in [5.74, 6) is -0.707. The van der Waals surface area contributed by atoms with Crippen molar-refractivity contribution in [3.05, 3.63) is 29.3 Å². The van der Waals surface area contributed by atoms with Crippen molar-refractivity contribution in [3.8, 4) is 0 Å². The molecule has 0 spiro atoms. The molecule has 0 radical (unpaired) electrons. The summed E-state index contributed by atoms with van der Waals surface area (Å²) in [6, 6.07) is 2.13. The Kier molecular flexibility index (Phi) is 5.28. The van der Waals surface area contributed by atoms with Crippen LogP contribution in [0.25, 0.3) is 0 Å². The molecule has 2 rings (SSSR count). The van der Waals surface area contributed by atoms with Crippen molar-refractivity contribution in [2.24, 2.45) is 11.8 Å². The highest BCUT2D eigenvalue weighted by Gasteiger charge is 2.22. The molecule has 21 heavy (non-hydrogen) atoms. The number of amides is 1. The average Bonchev–Trinajstić information content (AvgIpc) is 2.45. The van der Waals surface area contributed by atoms with E-state index in [1.165, 1.54) is 6.92 Å². The summed E-state index contributed by atoms with van der Waals surface area (Å²) in [6.07, 6.45) is 2.55. The van der Waals surface area contributed by atoms with E-state index in [0.29, 0.717) is 12.3 Å². The fourth-order valence-corrected chi connectivity index (χ4v) is 2.77. The van der Waals surface area contributed by atoms with E-state index in [-0.39, 0.29) is 23.1 Å². The number of rotatable bonds is 4. The highest BCUT2D eigenvalue weighted by molar-refractivity contribution is 5.91. The maximum absolute atomic E-state index is 13.7. The third-order valence-electron chi connectivity index (χ3n) is 4.17. The van der Waals surface area contributed by atoms with Crippen LogP contribution >= 0.6 is 0 Å². The van der Waals surface area contributed by atoms with Gasteiger partial charge in [0.25, 0.3) is 0 Å². The second kappa shape index (κ2) is 6.98. The van der Waals surface area contributed by atoms with Crippen LogP contribution in [0.2, 0.25) is 0 Å². The molecule has 1 aromatic carbocycles. The second-order valence-corrected chi connectivity index (χ2v) is 5.92. The largest absolute Gasteiger partial charge is 0.324 e. The molecule has 1 aliphatic heterocycles. The minimum absolute atomic E-state index is 0.0860. The number of piperidine rings is 1. The number of hydrogen-bond acceptors (Lipinski definition) is 2. The summed E-state index contributed by atoms with van der Waals surface area (Å²) in [7, 11) is 0. The zero-order chi connectivity index (χ0) is 15.4. The van der Waals surface area contributed by atoms with E-state index in [9.17, 15) is 13.6 Å². The van der Waals surface area contributed by atoms with Gasteiger partial charge in [0.05, 0.1) is 5.69 Å². The summed E-state index contributed by atoms with van der Waals surface area (Å²) in [5, 5.41) is 5.79. The molecule has 2 N–H and O–H groups in total. The van der Waals surface area contributed by atoms with Gasteiger partial charge in [0.15, 0.2) is 0 Å². The zero-order valence-corrected chi connectivity index (χ0v) is 12.5. The van der Waals surface area contributed by atoms with Crippen LogP contribution in [0.1, 0.15) is 31.7 Å². The molecule has 1 amide bonds. The van der Waals surface area contributed by atoms with E-state index in [4.69, 9.17) is 0 Å². The molecular weight excluding hydrogens is 274 g/mol. The van der Waals surface area contributed by atoms with Gasteiger partial charge in [0, 0.05) is 12.5 Å². The molecule has 1 fully saturated rings. The molecule has 0 saturated carbocycles. The van der Waals surface area contributed by atoms with Gasteiger partial charge in [-0.2, -0.15) is 0 Å². The number of anilines is 1. The third kappa shape index (κ3) is 4.24. The van der Waals surface area contributed by atoms with E-state index in [1.807, 2.05) is 6.92 Å². The quantitative estimate of drug-likeness (QED) is 0.895. The van der Waals surface area contributed by atoms with Crippen LogP contribution in [0.5, 0.6) is 0 Å². The Labute approximate surface area is 124 Å². The van der Waals surface area contributed by atoms with Gasteiger partial charge in [-0.3, -0.25) is 4.79 Å². The number of nitrogens with one attached hydrogen (secondary N) is 2. The van der Waals surface area contributed by atoms with Crippen molar-refractivity contribution in [1.29, 1.82) is 0 Å². The lowest BCUT2D eigenvalue weighted by Crippen LogP contribution is -2.34. The Hall–Kier alpha value is -1.49. The number of hydrogen-bond donors (Lipinski definition) is 2. The van der Waals surface area contributed by atoms with E-state index in [0.717, 1.165) is 38.1 Å². The summed E-state index contributed by atoms with van der Waals surface area (Å²) in [5.41, 5.74) is 0.143. The van der Waals surface area contributed by atoms with Gasteiger partial charge in [-0.15, -0.1) is 0 Å². The fourth-order valence-electron chi connectivity index (χ4n) is 2.77. The van der Waals surface area contributed by atoms with Gasteiger partial charge in [-0.25, -0.2) is 8.78 Å². The predicted octanol–water partition coefficient (Wildman–Crippen LogP) is 3.24. The van der Waals surface area contributed by atoms with Crippen LogP contribution in [0.15, 0.2) is 12.1 Å². The monoisotopic (exact) mass is 296 g/mol. The molecule has 1 aromatic rings. The number of halogens is 2. The van der Waals surface area contributed by atoms with Crippen molar-refractivity contribution < 1.29 is 13.6 Å². The van der Waals surface area contributed by atoms with Gasteiger partial charge < -0.3 is 10.6 Å². The van der Waals surface area contributed by atoms with Gasteiger partial charge in [-0.1, -0.05) is 6.92 Å². The topological polar surface area (TPSA) is 41.1 Å². The van der Waals surface area contributed by atoms with E-state index >= 15 is 0 Å². The molecule has 1 heterocycles. The Balaban J connectivity index is 1.93. The molecule has 5 heteroatoms. The van der Waals surface area contributed by atoms with Crippen LogP contribution in [-0.4, -0.2) is 19.0 Å². The number of aryl methyl sites for hydroxylation is 1. The van der Waals surface area contributed by atoms with Gasteiger partial charge in [0.1, 0.15) is 11.6 Å². The molecule has 2 unspecified atom stereocenters. The van der Waals surface area contributed by atoms with E-state index < -0.39 is 11.6 Å². The van der Waals surface area contributed by atoms with Crippen molar-refractivity contribution in [2.75, 3.05) is 18.4 Å². The molecule has 1 aliphatic rings. The smallest absolute Gasteiger partial charge is 0.224 e. The number of carbonyl (C=O) groups excluding carboxylic acids is 1. The molecule has 2 atom stereocenters. The van der Waals surface area contributed by atoms with Gasteiger partial charge >= 0.3 is 0 Å². The lowest BCUT2D eigenvalue weighted by Gasteiger charge is -2.28. The lowest BCUT2D eigenvalue weighted by molar-refractivity contribution is -0.117. The molecule has 116 valence electrons. The molecule has 0 aliphatic carbocycles. The third-order valence-corrected chi connectivity index (χ3v) is 4.17. The number of benzene rings is 1. The molecule has 1 saturated heterocycles. The maximum Gasteiger partial charge on any atom is 0.224 e. The maximum atomic E-state index is 13.7. The standard InChI is InChI=1S/C16H22F2N2O/c1-10(12-4-3-5-19-9-12)7-16(21)20-15-8-13(17)11(2)6-14(15)18/h6,8,10,12,19H,3-5,7,9H2,1-2H3,(H,20,21). The first kappa shape index (κ1) is 15.9. The van der Waals surface area contributed by atoms with Crippen molar-refractivity contribution in [3.63, 3.8) is 0 Å². The van der Waals surface area contributed by atoms with E-state index in [2.05, 4.69) is 10.6 Å². The van der Waals surface area contributed by atoms with Crippen LogP contribution in [0.3, 0.4) is 0 Å². The summed E-state index contributed by atoms with van der Waals surface area (Å²) < 4.78 is 27.1. The summed E-state index contributed by atoms with van der Waals surface area (Å²) in [4.78, 5) is 12.0. The van der Waals surface area contributed by atoms with Crippen molar-refractivity contribution >= 4 is 11.6 Å². The van der Waals surface area contributed by atoms with Crippen LogP contribution in [-0.2, 0) is 4.79 Å². The van der Waals surface area contributed by atoms with Gasteiger partial charge in [-0.05, 0) is 56.3 Å². The molecule has 0 bridgehead atoms. The zero-order valence-electron chi connectivity index (χ0n) is 12.5. The van der Waals surface area contributed by atoms with Gasteiger partial charge in [0.2, 0.25) is 5.91 Å². The number of carbonyl (C=O) groups is 1. The Morgan fingerprint density at radius 3 is 2.86 bits per heavy atom. The van der Waals surface area contributed by atoms with Crippen molar-refractivity contribution in [1.82, 2.24) is 5.32 Å². The Morgan fingerprint density at radius 1 is 1.43 bits per heavy atom. The van der Waals surface area contributed by atoms with E-state index in [1.54, 1.807) is 0 Å². The molecule has 3 nitrogen and oxygen atoms in total. The minimum atomic E-state index is -0.603. The summed E-state index contributed by atoms with van der Waals surface area (Å²) in [6.45, 7) is 5.47. The summed E-state index contributed by atoms with van der Waals surface area (Å²) >= 11 is 0. The minimum Gasteiger partial charge on any atom is -0.324 e. The predicted molar refractivity (Wildman–Crippen MR) is 79.1 cm³/mol. The Bertz CT molecular complexity index is 513. The highest BCUT2D eigenvalue weighted by Crippen LogP contribution is 2.24. The molecule has 0 aromatic heterocycles. The second-order valence-electron chi connectivity index (χ2n) is 5.92. The first-order valence-corrected chi connectivity index (χ1v) is 7.43. The fraction of sp³-hybridized carbons (Fsp3) is 0.562. The average molecular weight is 296 g/mol. The highest BCUT2D eigenvalue weighted by atomic mass is 19.1. The first-order chi connectivity index (χ1) is 9.97. The van der Waals surface area contributed by atoms with Crippen LogP contribution in [0.4, 0.5) is 14.5 Å². The first-order valence-electron chi connectivity index (χ1n) is 7.43. The normalized spacial score (nSPS) is 20.1. The molecular formula is C16H22F2N2O. The lowest BCUT2D eigenvalue weighted by atomic mass is 9.85. The Morgan fingerprint density at radius 2 is 2.19 bits per heavy atom. The SMILES string of the molecule is Cc1cc(F)c(NC(=O)CC(C)C2CCCNC2)cc1F.